The predicted molar refractivity (Wildman–Crippen MR) is 75.7 cm³/mol. The highest BCUT2D eigenvalue weighted by Crippen LogP contribution is 2.22. The van der Waals surface area contributed by atoms with E-state index in [0.717, 1.165) is 0 Å². The van der Waals surface area contributed by atoms with Crippen LogP contribution in [0.3, 0.4) is 0 Å². The fourth-order valence-electron chi connectivity index (χ4n) is 1.92. The predicted octanol–water partition coefficient (Wildman–Crippen LogP) is 1.51. The molecule has 0 aliphatic carbocycles. The molecule has 0 aliphatic rings. The molecule has 0 radical (unpaired) electrons. The first kappa shape index (κ1) is 17.9. The highest BCUT2D eigenvalue weighted by molar-refractivity contribution is 6.42. The maximum Gasteiger partial charge on any atom is 0.340 e. The summed E-state index contributed by atoms with van der Waals surface area (Å²) in [7, 11) is 1.60. The number of Topliss-reactive ketones (excluding diaryl/α,β-unsaturated/α-hetero) is 1. The number of primary amides is 1. The topological polar surface area (TPSA) is 91.4 Å². The van der Waals surface area contributed by atoms with Crippen LogP contribution in [0.4, 0.5) is 0 Å². The quantitative estimate of drug-likeness (QED) is 0.515. The number of carbonyl (C=O) groups excluding carboxylic acids is 3. The lowest BCUT2D eigenvalue weighted by atomic mass is 10.1. The Morgan fingerprint density at radius 2 is 1.70 bits per heavy atom. The molecule has 0 bridgehead atoms. The first-order valence-corrected chi connectivity index (χ1v) is 6.50. The molecule has 1 aromatic heterocycles. The first-order valence-electron chi connectivity index (χ1n) is 6.50. The Morgan fingerprint density at radius 3 is 2.10 bits per heavy atom. The van der Waals surface area contributed by atoms with Crippen LogP contribution in [0.25, 0.3) is 0 Å². The summed E-state index contributed by atoms with van der Waals surface area (Å²) in [6.45, 7) is 9.21. The van der Waals surface area contributed by atoms with E-state index in [2.05, 4.69) is 0 Å². The Kier molecular flexibility index (Phi) is 6.68. The summed E-state index contributed by atoms with van der Waals surface area (Å²) in [6.07, 6.45) is 0. The van der Waals surface area contributed by atoms with Crippen LogP contribution in [0.5, 0.6) is 0 Å². The molecule has 2 N–H and O–H groups in total. The minimum atomic E-state index is -1.05. The van der Waals surface area contributed by atoms with Gasteiger partial charge in [-0.1, -0.05) is 13.8 Å². The van der Waals surface area contributed by atoms with E-state index >= 15 is 0 Å². The molecule has 1 heterocycles. The van der Waals surface area contributed by atoms with Crippen molar-refractivity contribution in [2.45, 2.75) is 34.6 Å². The van der Waals surface area contributed by atoms with Gasteiger partial charge in [-0.3, -0.25) is 9.59 Å². The average Bonchev–Trinajstić information content (AvgIpc) is 2.62. The normalized spacial score (nSPS) is 9.50. The van der Waals surface area contributed by atoms with Gasteiger partial charge in [0.25, 0.3) is 11.7 Å². The van der Waals surface area contributed by atoms with Crippen molar-refractivity contribution in [3.8, 4) is 0 Å². The first-order chi connectivity index (χ1) is 9.32. The van der Waals surface area contributed by atoms with E-state index in [4.69, 9.17) is 10.5 Å². The third-order valence-corrected chi connectivity index (χ3v) is 2.85. The molecule has 0 atom stereocenters. The number of hydrogen-bond donors (Lipinski definition) is 1. The number of nitrogens with two attached hydrogens (primary N) is 1. The second-order valence-corrected chi connectivity index (χ2v) is 3.91. The number of hydrogen-bond acceptors (Lipinski definition) is 4. The minimum Gasteiger partial charge on any atom is -0.462 e. The van der Waals surface area contributed by atoms with Crippen molar-refractivity contribution in [2.75, 3.05) is 6.61 Å². The third kappa shape index (κ3) is 3.26. The summed E-state index contributed by atoms with van der Waals surface area (Å²) in [5, 5.41) is 0. The standard InChI is InChI=1S/C12H16N2O4.C2H6/c1-5-18-12(17)8-6(2)9(10(15)11(13)16)14(4)7(8)3;1-2/h5H2,1-4H3,(H2,13,16);1-2H3. The Bertz CT molecular complexity index is 530. The van der Waals surface area contributed by atoms with Gasteiger partial charge in [-0.2, -0.15) is 0 Å². The van der Waals surface area contributed by atoms with Gasteiger partial charge in [0.15, 0.2) is 0 Å². The zero-order valence-corrected chi connectivity index (χ0v) is 12.9. The van der Waals surface area contributed by atoms with Crippen molar-refractivity contribution in [1.82, 2.24) is 4.57 Å². The highest BCUT2D eigenvalue weighted by atomic mass is 16.5. The molecule has 1 amide bonds. The minimum absolute atomic E-state index is 0.128. The second-order valence-electron chi connectivity index (χ2n) is 3.91. The van der Waals surface area contributed by atoms with E-state index < -0.39 is 17.7 Å². The van der Waals surface area contributed by atoms with E-state index in [1.54, 1.807) is 27.8 Å². The summed E-state index contributed by atoms with van der Waals surface area (Å²) >= 11 is 0. The lowest BCUT2D eigenvalue weighted by Gasteiger charge is -2.02. The van der Waals surface area contributed by atoms with Crippen LogP contribution < -0.4 is 5.73 Å². The van der Waals surface area contributed by atoms with Crippen LogP contribution in [-0.4, -0.2) is 28.8 Å². The van der Waals surface area contributed by atoms with E-state index in [1.807, 2.05) is 13.8 Å². The molecule has 0 fully saturated rings. The molecule has 0 aromatic carbocycles. The molecule has 20 heavy (non-hydrogen) atoms. The van der Waals surface area contributed by atoms with E-state index in [-0.39, 0.29) is 12.3 Å². The Morgan fingerprint density at radius 1 is 1.20 bits per heavy atom. The van der Waals surface area contributed by atoms with Crippen LogP contribution in [0.2, 0.25) is 0 Å². The Hall–Kier alpha value is -2.11. The van der Waals surface area contributed by atoms with Crippen LogP contribution >= 0.6 is 0 Å². The van der Waals surface area contributed by atoms with Crippen molar-refractivity contribution >= 4 is 17.7 Å². The van der Waals surface area contributed by atoms with Gasteiger partial charge in [-0.15, -0.1) is 0 Å². The summed E-state index contributed by atoms with van der Waals surface area (Å²) in [4.78, 5) is 34.4. The monoisotopic (exact) mass is 282 g/mol. The Labute approximate surface area is 118 Å². The second kappa shape index (κ2) is 7.47. The van der Waals surface area contributed by atoms with Crippen LogP contribution in [-0.2, 0) is 16.6 Å². The molecule has 112 valence electrons. The molecular formula is C14H22N2O4. The number of amides is 1. The summed E-state index contributed by atoms with van der Waals surface area (Å²) in [5.74, 6) is -2.37. The summed E-state index contributed by atoms with van der Waals surface area (Å²) < 4.78 is 6.40. The van der Waals surface area contributed by atoms with Crippen LogP contribution in [0.15, 0.2) is 0 Å². The van der Waals surface area contributed by atoms with Crippen molar-refractivity contribution < 1.29 is 19.1 Å². The number of aromatic nitrogens is 1. The zero-order chi connectivity index (χ0) is 16.0. The number of ketones is 1. The molecule has 1 rings (SSSR count). The number of esters is 1. The average molecular weight is 282 g/mol. The highest BCUT2D eigenvalue weighted by Gasteiger charge is 2.27. The molecular weight excluding hydrogens is 260 g/mol. The van der Waals surface area contributed by atoms with Crippen molar-refractivity contribution in [3.63, 3.8) is 0 Å². The smallest absolute Gasteiger partial charge is 0.340 e. The van der Waals surface area contributed by atoms with Gasteiger partial charge in [0.05, 0.1) is 17.9 Å². The van der Waals surface area contributed by atoms with Gasteiger partial charge in [-0.05, 0) is 26.3 Å². The van der Waals surface area contributed by atoms with Gasteiger partial charge >= 0.3 is 5.97 Å². The molecule has 6 heteroatoms. The fraction of sp³-hybridized carbons (Fsp3) is 0.500. The van der Waals surface area contributed by atoms with Crippen molar-refractivity contribution in [3.05, 3.63) is 22.5 Å². The maximum atomic E-state index is 11.8. The van der Waals surface area contributed by atoms with Crippen LogP contribution in [0.1, 0.15) is 52.9 Å². The third-order valence-electron chi connectivity index (χ3n) is 2.85. The SMILES string of the molecule is CC.CCOC(=O)c1c(C)c(C(=O)C(N)=O)n(C)c1C. The molecule has 0 unspecified atom stereocenters. The van der Waals surface area contributed by atoms with E-state index in [9.17, 15) is 14.4 Å². The molecule has 0 spiro atoms. The number of ether oxygens (including phenoxy) is 1. The number of nitrogens with zero attached hydrogens (tertiary/aromatic N) is 1. The van der Waals surface area contributed by atoms with Crippen molar-refractivity contribution in [2.24, 2.45) is 12.8 Å². The fourth-order valence-corrected chi connectivity index (χ4v) is 1.92. The molecule has 0 aliphatic heterocycles. The van der Waals surface area contributed by atoms with Gasteiger partial charge in [0.1, 0.15) is 0 Å². The number of rotatable bonds is 4. The van der Waals surface area contributed by atoms with Gasteiger partial charge in [-0.25, -0.2) is 4.79 Å². The summed E-state index contributed by atoms with van der Waals surface area (Å²) in [5.41, 5.74) is 6.40. The maximum absolute atomic E-state index is 11.8. The molecule has 0 saturated carbocycles. The molecule has 6 nitrogen and oxygen atoms in total. The lowest BCUT2D eigenvalue weighted by Crippen LogP contribution is -2.25. The Balaban J connectivity index is 0.00000172. The lowest BCUT2D eigenvalue weighted by molar-refractivity contribution is -0.114. The molecule has 0 saturated heterocycles. The molecule has 1 aromatic rings. The number of carbonyl (C=O) groups is 3. The zero-order valence-electron chi connectivity index (χ0n) is 12.9. The summed E-state index contributed by atoms with van der Waals surface area (Å²) in [6, 6.07) is 0. The van der Waals surface area contributed by atoms with Gasteiger partial charge < -0.3 is 15.0 Å². The van der Waals surface area contributed by atoms with E-state index in [1.165, 1.54) is 4.57 Å². The van der Waals surface area contributed by atoms with Gasteiger partial charge in [0, 0.05) is 12.7 Å². The van der Waals surface area contributed by atoms with Gasteiger partial charge in [0.2, 0.25) is 0 Å². The van der Waals surface area contributed by atoms with E-state index in [0.29, 0.717) is 16.8 Å². The largest absolute Gasteiger partial charge is 0.462 e. The van der Waals surface area contributed by atoms with Crippen LogP contribution in [0, 0.1) is 13.8 Å². The van der Waals surface area contributed by atoms with Crippen molar-refractivity contribution in [1.29, 1.82) is 0 Å².